The Morgan fingerprint density at radius 3 is 2.87 bits per heavy atom. The lowest BCUT2D eigenvalue weighted by atomic mass is 10.0. The molecule has 0 spiro atoms. The van der Waals surface area contributed by atoms with E-state index in [1.807, 2.05) is 6.92 Å². The number of phenolic OH excluding ortho intramolecular Hbond substituents is 1. The summed E-state index contributed by atoms with van der Waals surface area (Å²) in [6, 6.07) is 1.99. The van der Waals surface area contributed by atoms with Gasteiger partial charge < -0.3 is 15.2 Å². The summed E-state index contributed by atoms with van der Waals surface area (Å²) in [4.78, 5) is 14.9. The first-order chi connectivity index (χ1) is 11.0. The molecule has 1 heterocycles. The topological polar surface area (TPSA) is 61.8 Å². The summed E-state index contributed by atoms with van der Waals surface area (Å²) in [5.74, 6) is -0.179. The van der Waals surface area contributed by atoms with Crippen molar-refractivity contribution in [2.24, 2.45) is 0 Å². The minimum absolute atomic E-state index is 0.0509. The van der Waals surface area contributed by atoms with Crippen LogP contribution in [0, 0.1) is 0 Å². The highest BCUT2D eigenvalue weighted by Gasteiger charge is 2.26. The van der Waals surface area contributed by atoms with Crippen LogP contribution < -0.4 is 10.1 Å². The number of rotatable bonds is 6. The normalized spacial score (nSPS) is 18.2. The standard InChI is InChI=1S/C17H25ClN2O3/c1-4-11-9-13(18)16(23-3)14(15(11)21)17(22)19-10-12-7-6-8-20(12)5-2/h9,12,21H,4-8,10H2,1-3H3,(H,19,22)/t12-/m0/s1/i5-1. The smallest absolute Gasteiger partial charge is 0.258 e. The number of carbonyl (C=O) groups excluding carboxylic acids is 1. The number of benzene rings is 1. The van der Waals surface area contributed by atoms with Crippen LogP contribution in [0.15, 0.2) is 6.07 Å². The molecular weight excluding hydrogens is 315 g/mol. The Labute approximate surface area is 142 Å². The predicted octanol–water partition coefficient (Wildman–Crippen LogP) is 2.83. The van der Waals surface area contributed by atoms with Crippen molar-refractivity contribution in [2.45, 2.75) is 39.2 Å². The Morgan fingerprint density at radius 1 is 1.52 bits per heavy atom. The van der Waals surface area contributed by atoms with Crippen molar-refractivity contribution in [3.05, 3.63) is 22.2 Å². The number of amides is 1. The molecule has 2 rings (SSSR count). The van der Waals surface area contributed by atoms with Crippen molar-refractivity contribution in [1.29, 1.82) is 0 Å². The number of nitrogens with zero attached hydrogens (tertiary/aromatic N) is 1. The summed E-state index contributed by atoms with van der Waals surface area (Å²) in [5.41, 5.74) is 0.759. The van der Waals surface area contributed by atoms with E-state index in [1.54, 1.807) is 6.07 Å². The SMILES string of the molecule is CCc1cc(Cl)c(OC)c(C(=O)NC[C@@H]2CCCN2[11CH2]C)c1O. The number of methoxy groups -OCH3 is 1. The lowest BCUT2D eigenvalue weighted by Crippen LogP contribution is -2.40. The van der Waals surface area contributed by atoms with E-state index in [9.17, 15) is 9.90 Å². The number of carbonyl (C=O) groups is 1. The van der Waals surface area contributed by atoms with Crippen LogP contribution in [-0.4, -0.2) is 48.7 Å². The molecule has 0 radical (unpaired) electrons. The Bertz CT molecular complexity index is 577. The van der Waals surface area contributed by atoms with Gasteiger partial charge >= 0.3 is 0 Å². The second-order valence-electron chi connectivity index (χ2n) is 5.76. The predicted molar refractivity (Wildman–Crippen MR) is 91.6 cm³/mol. The molecule has 1 fully saturated rings. The lowest BCUT2D eigenvalue weighted by Gasteiger charge is -2.23. The molecule has 1 aliphatic heterocycles. The minimum atomic E-state index is -0.348. The lowest BCUT2D eigenvalue weighted by molar-refractivity contribution is 0.0935. The van der Waals surface area contributed by atoms with Crippen molar-refractivity contribution >= 4 is 17.5 Å². The number of ether oxygens (including phenoxy) is 1. The molecule has 1 saturated heterocycles. The number of nitrogens with one attached hydrogen (secondary N) is 1. The van der Waals surface area contributed by atoms with Crippen LogP contribution in [0.3, 0.4) is 0 Å². The van der Waals surface area contributed by atoms with Gasteiger partial charge in [0, 0.05) is 12.6 Å². The third-order valence-corrected chi connectivity index (χ3v) is 4.78. The third-order valence-electron chi connectivity index (χ3n) is 4.50. The average molecular weight is 340 g/mol. The highest BCUT2D eigenvalue weighted by molar-refractivity contribution is 6.33. The minimum Gasteiger partial charge on any atom is -0.507 e. The fourth-order valence-corrected chi connectivity index (χ4v) is 3.50. The molecule has 1 aromatic rings. The number of likely N-dealkylation sites (tertiary alicyclic amines) is 1. The van der Waals surface area contributed by atoms with E-state index in [1.165, 1.54) is 7.11 Å². The molecule has 1 atom stereocenters. The van der Waals surface area contributed by atoms with Crippen molar-refractivity contribution < 1.29 is 14.6 Å². The van der Waals surface area contributed by atoms with Crippen LogP contribution in [0.5, 0.6) is 11.5 Å². The van der Waals surface area contributed by atoms with Gasteiger partial charge in [-0.15, -0.1) is 0 Å². The number of halogens is 1. The van der Waals surface area contributed by atoms with E-state index in [0.29, 0.717) is 29.6 Å². The zero-order chi connectivity index (χ0) is 17.0. The highest BCUT2D eigenvalue weighted by atomic mass is 35.5. The summed E-state index contributed by atoms with van der Waals surface area (Å²) >= 11 is 6.18. The summed E-state index contributed by atoms with van der Waals surface area (Å²) in [5, 5.41) is 13.6. The van der Waals surface area contributed by atoms with Gasteiger partial charge in [0.15, 0.2) is 5.75 Å². The van der Waals surface area contributed by atoms with Gasteiger partial charge in [0.1, 0.15) is 11.3 Å². The van der Waals surface area contributed by atoms with Crippen molar-refractivity contribution in [1.82, 2.24) is 10.2 Å². The molecule has 0 saturated carbocycles. The van der Waals surface area contributed by atoms with E-state index in [-0.39, 0.29) is 23.0 Å². The van der Waals surface area contributed by atoms with Crippen molar-refractivity contribution in [3.63, 3.8) is 0 Å². The maximum atomic E-state index is 12.6. The van der Waals surface area contributed by atoms with Crippen molar-refractivity contribution in [3.8, 4) is 11.5 Å². The fourth-order valence-electron chi connectivity index (χ4n) is 3.20. The number of likely N-dealkylation sites (N-methyl/N-ethyl adjacent to an activating group) is 1. The van der Waals surface area contributed by atoms with Crippen LogP contribution in [0.4, 0.5) is 0 Å². The van der Waals surface area contributed by atoms with Crippen LogP contribution >= 0.6 is 11.6 Å². The van der Waals surface area contributed by atoms with E-state index in [2.05, 4.69) is 17.1 Å². The number of aryl methyl sites for hydroxylation is 1. The highest BCUT2D eigenvalue weighted by Crippen LogP contribution is 2.38. The molecular formula is C17H25ClN2O3. The van der Waals surface area contributed by atoms with Crippen LogP contribution in [0.1, 0.15) is 42.6 Å². The van der Waals surface area contributed by atoms with Crippen LogP contribution in [0.2, 0.25) is 5.02 Å². The van der Waals surface area contributed by atoms with Crippen molar-refractivity contribution in [2.75, 3.05) is 26.7 Å². The molecule has 1 aliphatic rings. The maximum absolute atomic E-state index is 12.6. The first-order valence-corrected chi connectivity index (χ1v) is 8.51. The van der Waals surface area contributed by atoms with Gasteiger partial charge in [-0.2, -0.15) is 0 Å². The van der Waals surface area contributed by atoms with Gasteiger partial charge in [-0.1, -0.05) is 25.4 Å². The zero-order valence-corrected chi connectivity index (χ0v) is 14.7. The van der Waals surface area contributed by atoms with Gasteiger partial charge in [-0.3, -0.25) is 9.69 Å². The number of hydrogen-bond acceptors (Lipinski definition) is 4. The second kappa shape index (κ2) is 7.88. The van der Waals surface area contributed by atoms with Gasteiger partial charge in [0.05, 0.1) is 12.1 Å². The van der Waals surface area contributed by atoms with E-state index in [0.717, 1.165) is 25.9 Å². The molecule has 0 aliphatic carbocycles. The summed E-state index contributed by atoms with van der Waals surface area (Å²) in [6.07, 6.45) is 2.81. The molecule has 5 nitrogen and oxygen atoms in total. The third kappa shape index (κ3) is 3.72. The second-order valence-corrected chi connectivity index (χ2v) is 6.17. The van der Waals surface area contributed by atoms with Crippen LogP contribution in [0.25, 0.3) is 0 Å². The Morgan fingerprint density at radius 2 is 2.26 bits per heavy atom. The Kier molecular flexibility index (Phi) is 6.13. The van der Waals surface area contributed by atoms with Gasteiger partial charge in [-0.05, 0) is 44.0 Å². The molecule has 0 unspecified atom stereocenters. The molecule has 1 amide bonds. The molecule has 6 heteroatoms. The van der Waals surface area contributed by atoms with Crippen LogP contribution in [-0.2, 0) is 6.42 Å². The average Bonchev–Trinajstić information content (AvgIpc) is 3.01. The van der Waals surface area contributed by atoms with Gasteiger partial charge in [0.2, 0.25) is 0 Å². The first kappa shape index (κ1) is 17.9. The quantitative estimate of drug-likeness (QED) is 0.836. The molecule has 23 heavy (non-hydrogen) atoms. The Hall–Kier alpha value is -1.46. The molecule has 1 aromatic carbocycles. The fraction of sp³-hybridized carbons (Fsp3) is 0.588. The first-order valence-electron chi connectivity index (χ1n) is 8.13. The molecule has 128 valence electrons. The number of phenols is 1. The van der Waals surface area contributed by atoms with Gasteiger partial charge in [-0.25, -0.2) is 0 Å². The van der Waals surface area contributed by atoms with E-state index < -0.39 is 0 Å². The number of hydrogen-bond donors (Lipinski definition) is 2. The number of aromatic hydroxyl groups is 1. The zero-order valence-electron chi connectivity index (χ0n) is 14.0. The van der Waals surface area contributed by atoms with E-state index in [4.69, 9.17) is 16.3 Å². The molecule has 0 aromatic heterocycles. The summed E-state index contributed by atoms with van der Waals surface area (Å²) in [7, 11) is 1.44. The summed E-state index contributed by atoms with van der Waals surface area (Å²) < 4.78 is 5.23. The summed E-state index contributed by atoms with van der Waals surface area (Å²) in [6.45, 7) is 6.63. The maximum Gasteiger partial charge on any atom is 0.258 e. The largest absolute Gasteiger partial charge is 0.507 e. The monoisotopic (exact) mass is 339 g/mol. The van der Waals surface area contributed by atoms with E-state index >= 15 is 0 Å². The molecule has 2 N–H and O–H groups in total. The van der Waals surface area contributed by atoms with Gasteiger partial charge in [0.25, 0.3) is 5.91 Å². The Balaban J connectivity index is 2.19. The molecule has 0 bridgehead atoms.